The molecule has 2 bridgehead atoms. The van der Waals surface area contributed by atoms with Crippen LogP contribution in [0.3, 0.4) is 0 Å². The molecule has 0 amide bonds. The predicted molar refractivity (Wildman–Crippen MR) is 72.4 cm³/mol. The summed E-state index contributed by atoms with van der Waals surface area (Å²) in [6.45, 7) is 6.26. The highest BCUT2D eigenvalue weighted by Crippen LogP contribution is 2.32. The SMILES string of the molecule is OC(c1ccc2c(c1)CCO2)C1CN2CCN1CC2. The molecule has 3 saturated heterocycles. The van der Waals surface area contributed by atoms with Gasteiger partial charge in [0.25, 0.3) is 0 Å². The molecule has 4 heteroatoms. The lowest BCUT2D eigenvalue weighted by molar-refractivity contribution is -0.0470. The lowest BCUT2D eigenvalue weighted by Crippen LogP contribution is -2.62. The molecule has 4 heterocycles. The Morgan fingerprint density at radius 1 is 1.21 bits per heavy atom. The second-order valence-electron chi connectivity index (χ2n) is 5.81. The van der Waals surface area contributed by atoms with Gasteiger partial charge < -0.3 is 9.84 Å². The molecule has 1 aromatic carbocycles. The number of aliphatic hydroxyl groups is 1. The van der Waals surface area contributed by atoms with E-state index < -0.39 is 0 Å². The largest absolute Gasteiger partial charge is 0.493 e. The lowest BCUT2D eigenvalue weighted by Gasteiger charge is -2.49. The summed E-state index contributed by atoms with van der Waals surface area (Å²) in [6.07, 6.45) is 0.588. The van der Waals surface area contributed by atoms with E-state index in [1.54, 1.807) is 0 Å². The van der Waals surface area contributed by atoms with Gasteiger partial charge in [0.05, 0.1) is 18.8 Å². The Balaban J connectivity index is 1.58. The minimum absolute atomic E-state index is 0.253. The van der Waals surface area contributed by atoms with E-state index in [0.29, 0.717) is 0 Å². The normalized spacial score (nSPS) is 33.8. The van der Waals surface area contributed by atoms with Crippen LogP contribution in [-0.4, -0.2) is 60.3 Å². The van der Waals surface area contributed by atoms with E-state index in [2.05, 4.69) is 15.9 Å². The molecule has 4 nitrogen and oxygen atoms in total. The van der Waals surface area contributed by atoms with Gasteiger partial charge in [-0.15, -0.1) is 0 Å². The van der Waals surface area contributed by atoms with Crippen molar-refractivity contribution in [2.24, 2.45) is 0 Å². The van der Waals surface area contributed by atoms with Gasteiger partial charge >= 0.3 is 0 Å². The average molecular weight is 260 g/mol. The van der Waals surface area contributed by atoms with Crippen molar-refractivity contribution in [2.45, 2.75) is 18.6 Å². The third-order valence-corrected chi connectivity index (χ3v) is 4.74. The van der Waals surface area contributed by atoms with Crippen LogP contribution in [0.1, 0.15) is 17.2 Å². The van der Waals surface area contributed by atoms with Crippen molar-refractivity contribution in [3.05, 3.63) is 29.3 Å². The van der Waals surface area contributed by atoms with Crippen molar-refractivity contribution in [1.29, 1.82) is 0 Å². The fraction of sp³-hybridized carbons (Fsp3) is 0.600. The number of hydrogen-bond donors (Lipinski definition) is 1. The van der Waals surface area contributed by atoms with Crippen LogP contribution in [-0.2, 0) is 6.42 Å². The second kappa shape index (κ2) is 4.47. The van der Waals surface area contributed by atoms with Gasteiger partial charge in [-0.05, 0) is 23.3 Å². The first-order chi connectivity index (χ1) is 9.31. The molecule has 1 aromatic rings. The van der Waals surface area contributed by atoms with E-state index in [4.69, 9.17) is 4.74 Å². The Morgan fingerprint density at radius 2 is 2.05 bits per heavy atom. The van der Waals surface area contributed by atoms with Crippen LogP contribution in [0, 0.1) is 0 Å². The van der Waals surface area contributed by atoms with E-state index >= 15 is 0 Å². The highest BCUT2D eigenvalue weighted by atomic mass is 16.5. The van der Waals surface area contributed by atoms with Crippen molar-refractivity contribution in [2.75, 3.05) is 39.3 Å². The van der Waals surface area contributed by atoms with Crippen molar-refractivity contribution < 1.29 is 9.84 Å². The highest BCUT2D eigenvalue weighted by molar-refractivity contribution is 5.40. The topological polar surface area (TPSA) is 35.9 Å². The van der Waals surface area contributed by atoms with Crippen LogP contribution in [0.2, 0.25) is 0 Å². The highest BCUT2D eigenvalue weighted by Gasteiger charge is 2.36. The fourth-order valence-corrected chi connectivity index (χ4v) is 3.57. The van der Waals surface area contributed by atoms with Gasteiger partial charge in [-0.3, -0.25) is 9.80 Å². The summed E-state index contributed by atoms with van der Waals surface area (Å²) >= 11 is 0. The second-order valence-corrected chi connectivity index (χ2v) is 5.81. The van der Waals surface area contributed by atoms with Crippen LogP contribution in [0.4, 0.5) is 0 Å². The fourth-order valence-electron chi connectivity index (χ4n) is 3.57. The number of aliphatic hydroxyl groups excluding tert-OH is 1. The Labute approximate surface area is 113 Å². The molecule has 2 unspecified atom stereocenters. The van der Waals surface area contributed by atoms with Crippen molar-refractivity contribution in [3.63, 3.8) is 0 Å². The molecule has 3 fully saturated rings. The maximum atomic E-state index is 10.7. The smallest absolute Gasteiger partial charge is 0.122 e. The number of rotatable bonds is 2. The van der Waals surface area contributed by atoms with Crippen molar-refractivity contribution in [3.8, 4) is 5.75 Å². The number of ether oxygens (including phenoxy) is 1. The number of fused-ring (bicyclic) bond motifs is 4. The first-order valence-electron chi connectivity index (χ1n) is 7.21. The molecular formula is C15H20N2O2. The third kappa shape index (κ3) is 1.95. The standard InChI is InChI=1S/C15H20N2O2/c18-15(13-10-16-4-6-17(13)7-5-16)12-1-2-14-11(9-12)3-8-19-14/h1-2,9,13,15,18H,3-8,10H2. The average Bonchev–Trinajstić information content (AvgIpc) is 2.95. The summed E-state index contributed by atoms with van der Waals surface area (Å²) in [4.78, 5) is 4.90. The first-order valence-corrected chi connectivity index (χ1v) is 7.21. The van der Waals surface area contributed by atoms with Crippen LogP contribution >= 0.6 is 0 Å². The minimum Gasteiger partial charge on any atom is -0.493 e. The van der Waals surface area contributed by atoms with Crippen LogP contribution in [0.25, 0.3) is 0 Å². The molecule has 5 rings (SSSR count). The van der Waals surface area contributed by atoms with E-state index in [1.165, 1.54) is 5.56 Å². The number of nitrogens with zero attached hydrogens (tertiary/aromatic N) is 2. The van der Waals surface area contributed by atoms with Gasteiger partial charge in [-0.2, -0.15) is 0 Å². The maximum Gasteiger partial charge on any atom is 0.122 e. The minimum atomic E-state index is -0.381. The molecule has 19 heavy (non-hydrogen) atoms. The van der Waals surface area contributed by atoms with Crippen LogP contribution in [0.5, 0.6) is 5.75 Å². The molecule has 102 valence electrons. The quantitative estimate of drug-likeness (QED) is 0.847. The molecule has 0 saturated carbocycles. The molecule has 4 aliphatic heterocycles. The van der Waals surface area contributed by atoms with Crippen LogP contribution < -0.4 is 4.74 Å². The van der Waals surface area contributed by atoms with Gasteiger partial charge in [0.1, 0.15) is 5.75 Å². The van der Waals surface area contributed by atoms with E-state index in [-0.39, 0.29) is 12.1 Å². The zero-order valence-electron chi connectivity index (χ0n) is 11.1. The predicted octanol–water partition coefficient (Wildman–Crippen LogP) is 0.655. The van der Waals surface area contributed by atoms with Crippen molar-refractivity contribution in [1.82, 2.24) is 9.80 Å². The van der Waals surface area contributed by atoms with Gasteiger partial charge in [-0.1, -0.05) is 6.07 Å². The number of piperazine rings is 3. The number of hydrogen-bond acceptors (Lipinski definition) is 4. The summed E-state index contributed by atoms with van der Waals surface area (Å²) in [7, 11) is 0. The van der Waals surface area contributed by atoms with Gasteiger partial charge in [0, 0.05) is 39.1 Å². The molecule has 1 N–H and O–H groups in total. The summed E-state index contributed by atoms with van der Waals surface area (Å²) in [5, 5.41) is 10.7. The van der Waals surface area contributed by atoms with Gasteiger partial charge in [0.15, 0.2) is 0 Å². The Kier molecular flexibility index (Phi) is 2.76. The molecule has 4 aliphatic rings. The molecular weight excluding hydrogens is 240 g/mol. The zero-order chi connectivity index (χ0) is 12.8. The maximum absolute atomic E-state index is 10.7. The van der Waals surface area contributed by atoms with E-state index in [9.17, 15) is 5.11 Å². The zero-order valence-corrected chi connectivity index (χ0v) is 11.1. The van der Waals surface area contributed by atoms with Crippen LogP contribution in [0.15, 0.2) is 18.2 Å². The summed E-state index contributed by atoms with van der Waals surface area (Å²) in [5.41, 5.74) is 2.29. The van der Waals surface area contributed by atoms with Gasteiger partial charge in [-0.25, -0.2) is 0 Å². The summed E-state index contributed by atoms with van der Waals surface area (Å²) in [6, 6.07) is 6.42. The molecule has 0 spiro atoms. The van der Waals surface area contributed by atoms with Gasteiger partial charge in [0.2, 0.25) is 0 Å². The third-order valence-electron chi connectivity index (χ3n) is 4.74. The molecule has 0 aromatic heterocycles. The monoisotopic (exact) mass is 260 g/mol. The molecule has 2 atom stereocenters. The van der Waals surface area contributed by atoms with E-state index in [0.717, 1.165) is 57.1 Å². The lowest BCUT2D eigenvalue weighted by atomic mass is 9.95. The number of benzene rings is 1. The Hall–Kier alpha value is -1.10. The molecule has 0 aliphatic carbocycles. The Morgan fingerprint density at radius 3 is 2.79 bits per heavy atom. The van der Waals surface area contributed by atoms with Crippen molar-refractivity contribution >= 4 is 0 Å². The van der Waals surface area contributed by atoms with E-state index in [1.807, 2.05) is 12.1 Å². The molecule has 0 radical (unpaired) electrons. The summed E-state index contributed by atoms with van der Waals surface area (Å²) in [5.74, 6) is 0.991. The summed E-state index contributed by atoms with van der Waals surface area (Å²) < 4.78 is 5.53. The Bertz CT molecular complexity index is 483. The first kappa shape index (κ1) is 11.7.